The molecule has 136 valence electrons. The molecule has 0 aliphatic carbocycles. The Labute approximate surface area is 151 Å². The number of nitrogens with zero attached hydrogens (tertiary/aromatic N) is 4. The van der Waals surface area contributed by atoms with E-state index < -0.39 is 0 Å². The van der Waals surface area contributed by atoms with Gasteiger partial charge in [0.2, 0.25) is 0 Å². The Kier molecular flexibility index (Phi) is 6.10. The van der Waals surface area contributed by atoms with Crippen molar-refractivity contribution in [3.63, 3.8) is 0 Å². The number of imidazole rings is 1. The van der Waals surface area contributed by atoms with E-state index in [1.807, 2.05) is 36.5 Å². The van der Waals surface area contributed by atoms with Crippen LogP contribution in [-0.4, -0.2) is 54.7 Å². The third-order valence-corrected chi connectivity index (χ3v) is 4.38. The van der Waals surface area contributed by atoms with Gasteiger partial charge >= 0.3 is 0 Å². The fourth-order valence-corrected chi connectivity index (χ4v) is 3.21. The number of nitrogens with one attached hydrogen (secondary N) is 2. The summed E-state index contributed by atoms with van der Waals surface area (Å²) in [6.45, 7) is 2.79. The highest BCUT2D eigenvalue weighted by Crippen LogP contribution is 2.26. The molecule has 8 heteroatoms. The summed E-state index contributed by atoms with van der Waals surface area (Å²) in [4.78, 5) is 22.8. The smallest absolute Gasteiger partial charge is 0.290 e. The number of hydrogen-bond donors (Lipinski definition) is 3. The molecule has 3 N–H and O–H groups in total. The van der Waals surface area contributed by atoms with Gasteiger partial charge in [-0.1, -0.05) is 30.3 Å². The maximum absolute atomic E-state index is 8.36. The summed E-state index contributed by atoms with van der Waals surface area (Å²) in [6, 6.07) is 10.1. The highest BCUT2D eigenvalue weighted by Gasteiger charge is 2.24. The fraction of sp³-hybridized carbons (Fsp3) is 0.333. The number of carboxylic acid groups (broad SMARTS) is 1. The molecule has 26 heavy (non-hydrogen) atoms. The van der Waals surface area contributed by atoms with Crippen LogP contribution in [0.4, 0.5) is 0 Å². The summed E-state index contributed by atoms with van der Waals surface area (Å²) in [5.41, 5.74) is 2.22. The SMILES string of the molecule is O=CO.c1ccc(-c2n[nH]c(C3CCCN(Cc4cnc[nH]4)C3)n2)cc1. The van der Waals surface area contributed by atoms with Gasteiger partial charge in [-0.05, 0) is 19.4 Å². The lowest BCUT2D eigenvalue weighted by atomic mass is 9.97. The number of piperidine rings is 1. The van der Waals surface area contributed by atoms with Crippen molar-refractivity contribution < 1.29 is 9.90 Å². The lowest BCUT2D eigenvalue weighted by Gasteiger charge is -2.31. The molecule has 0 radical (unpaired) electrons. The summed E-state index contributed by atoms with van der Waals surface area (Å²) in [5, 5.41) is 14.4. The first kappa shape index (κ1) is 17.8. The van der Waals surface area contributed by atoms with E-state index in [9.17, 15) is 0 Å². The molecule has 0 spiro atoms. The lowest BCUT2D eigenvalue weighted by molar-refractivity contribution is -0.122. The second-order valence-corrected chi connectivity index (χ2v) is 6.17. The molecule has 8 nitrogen and oxygen atoms in total. The maximum Gasteiger partial charge on any atom is 0.290 e. The predicted octanol–water partition coefficient (Wildman–Crippen LogP) is 2.28. The zero-order valence-corrected chi connectivity index (χ0v) is 14.4. The van der Waals surface area contributed by atoms with Crippen molar-refractivity contribution in [1.29, 1.82) is 0 Å². The molecule has 2 aromatic heterocycles. The van der Waals surface area contributed by atoms with Crippen LogP contribution in [0.2, 0.25) is 0 Å². The molecule has 4 rings (SSSR count). The van der Waals surface area contributed by atoms with Gasteiger partial charge in [0.25, 0.3) is 6.47 Å². The highest BCUT2D eigenvalue weighted by atomic mass is 16.3. The number of aromatic nitrogens is 5. The molecule has 1 aromatic carbocycles. The number of aromatic amines is 2. The first-order valence-electron chi connectivity index (χ1n) is 8.55. The van der Waals surface area contributed by atoms with E-state index in [1.54, 1.807) is 6.33 Å². The van der Waals surface area contributed by atoms with E-state index in [0.29, 0.717) is 5.92 Å². The molecule has 1 saturated heterocycles. The molecule has 3 heterocycles. The molecule has 1 unspecified atom stereocenters. The van der Waals surface area contributed by atoms with Crippen LogP contribution in [0.25, 0.3) is 11.4 Å². The van der Waals surface area contributed by atoms with Gasteiger partial charge in [-0.25, -0.2) is 9.97 Å². The van der Waals surface area contributed by atoms with Crippen LogP contribution in [-0.2, 0) is 11.3 Å². The van der Waals surface area contributed by atoms with Gasteiger partial charge in [0.1, 0.15) is 5.82 Å². The number of likely N-dealkylation sites (tertiary alicyclic amines) is 1. The van der Waals surface area contributed by atoms with E-state index in [2.05, 4.69) is 25.1 Å². The average molecular weight is 354 g/mol. The van der Waals surface area contributed by atoms with Crippen molar-refractivity contribution in [3.8, 4) is 11.4 Å². The first-order valence-corrected chi connectivity index (χ1v) is 8.55. The number of rotatable bonds is 4. The number of H-pyrrole nitrogens is 2. The Morgan fingerprint density at radius 2 is 2.12 bits per heavy atom. The van der Waals surface area contributed by atoms with Gasteiger partial charge < -0.3 is 10.1 Å². The van der Waals surface area contributed by atoms with Crippen LogP contribution < -0.4 is 0 Å². The van der Waals surface area contributed by atoms with Crippen molar-refractivity contribution in [2.24, 2.45) is 0 Å². The quantitative estimate of drug-likeness (QED) is 0.620. The zero-order chi connectivity index (χ0) is 18.2. The second-order valence-electron chi connectivity index (χ2n) is 6.17. The summed E-state index contributed by atoms with van der Waals surface area (Å²) in [5.74, 6) is 2.20. The number of benzene rings is 1. The van der Waals surface area contributed by atoms with E-state index in [0.717, 1.165) is 49.0 Å². The zero-order valence-electron chi connectivity index (χ0n) is 14.4. The van der Waals surface area contributed by atoms with Crippen LogP contribution in [0, 0.1) is 0 Å². The average Bonchev–Trinajstić information content (AvgIpc) is 3.35. The summed E-state index contributed by atoms with van der Waals surface area (Å²) in [6.07, 6.45) is 5.97. The topological polar surface area (TPSA) is 111 Å². The van der Waals surface area contributed by atoms with Crippen LogP contribution in [0.3, 0.4) is 0 Å². The van der Waals surface area contributed by atoms with Gasteiger partial charge in [-0.3, -0.25) is 14.8 Å². The molecular weight excluding hydrogens is 332 g/mol. The van der Waals surface area contributed by atoms with Gasteiger partial charge in [0.05, 0.1) is 6.33 Å². The normalized spacial score (nSPS) is 17.3. The molecule has 1 fully saturated rings. The maximum atomic E-state index is 8.36. The minimum Gasteiger partial charge on any atom is -0.483 e. The summed E-state index contributed by atoms with van der Waals surface area (Å²) >= 11 is 0. The van der Waals surface area contributed by atoms with E-state index in [-0.39, 0.29) is 6.47 Å². The van der Waals surface area contributed by atoms with Crippen molar-refractivity contribution in [2.45, 2.75) is 25.3 Å². The molecule has 0 bridgehead atoms. The van der Waals surface area contributed by atoms with Crippen molar-refractivity contribution in [3.05, 3.63) is 54.4 Å². The van der Waals surface area contributed by atoms with Crippen molar-refractivity contribution >= 4 is 6.47 Å². The van der Waals surface area contributed by atoms with Gasteiger partial charge in [-0.15, -0.1) is 0 Å². The second kappa shape index (κ2) is 8.91. The van der Waals surface area contributed by atoms with Crippen LogP contribution in [0.15, 0.2) is 42.9 Å². The van der Waals surface area contributed by atoms with Crippen LogP contribution in [0.5, 0.6) is 0 Å². The predicted molar refractivity (Wildman–Crippen MR) is 96.4 cm³/mol. The van der Waals surface area contributed by atoms with E-state index >= 15 is 0 Å². The fourth-order valence-electron chi connectivity index (χ4n) is 3.21. The molecular formula is C18H22N6O2. The largest absolute Gasteiger partial charge is 0.483 e. The molecule has 3 aromatic rings. The van der Waals surface area contributed by atoms with E-state index in [1.165, 1.54) is 6.42 Å². The van der Waals surface area contributed by atoms with Crippen molar-refractivity contribution in [2.75, 3.05) is 13.1 Å². The molecule has 1 aliphatic heterocycles. The standard InChI is InChI=1S/C17H20N6.CH2O2/c1-2-5-13(6-3-1)16-20-17(22-21-16)14-7-4-8-23(10-14)11-15-9-18-12-19-15;2-1-3/h1-3,5-6,9,12,14H,4,7-8,10-11H2,(H,18,19)(H,20,21,22);1H,(H,2,3). The third kappa shape index (κ3) is 4.54. The summed E-state index contributed by atoms with van der Waals surface area (Å²) < 4.78 is 0. The molecule has 1 aliphatic rings. The van der Waals surface area contributed by atoms with Gasteiger partial charge in [0.15, 0.2) is 5.82 Å². The number of hydrogen-bond acceptors (Lipinski definition) is 5. The Bertz CT molecular complexity index is 787. The minimum absolute atomic E-state index is 0.250. The monoisotopic (exact) mass is 354 g/mol. The Morgan fingerprint density at radius 1 is 1.31 bits per heavy atom. The van der Waals surface area contributed by atoms with Crippen LogP contribution >= 0.6 is 0 Å². The Morgan fingerprint density at radius 3 is 2.85 bits per heavy atom. The first-order chi connectivity index (χ1) is 12.8. The Hall–Kier alpha value is -3.00. The third-order valence-electron chi connectivity index (χ3n) is 4.38. The lowest BCUT2D eigenvalue weighted by Crippen LogP contribution is -2.34. The van der Waals surface area contributed by atoms with Crippen molar-refractivity contribution in [1.82, 2.24) is 30.0 Å². The summed E-state index contributed by atoms with van der Waals surface area (Å²) in [7, 11) is 0. The highest BCUT2D eigenvalue weighted by molar-refractivity contribution is 5.53. The molecule has 0 saturated carbocycles. The number of carbonyl (C=O) groups is 1. The Balaban J connectivity index is 0.000000613. The van der Waals surface area contributed by atoms with Crippen LogP contribution in [0.1, 0.15) is 30.3 Å². The van der Waals surface area contributed by atoms with Gasteiger partial charge in [0, 0.05) is 36.5 Å². The minimum atomic E-state index is -0.250. The molecule has 0 amide bonds. The molecule has 1 atom stereocenters. The van der Waals surface area contributed by atoms with Gasteiger partial charge in [-0.2, -0.15) is 5.10 Å². The van der Waals surface area contributed by atoms with E-state index in [4.69, 9.17) is 14.9 Å².